The molecular weight excluding hydrogens is 302 g/mol. The fourth-order valence-corrected chi connectivity index (χ4v) is 4.19. The maximum Gasteiger partial charge on any atom is 0.317 e. The quantitative estimate of drug-likeness (QED) is 0.832. The van der Waals surface area contributed by atoms with Crippen LogP contribution in [-0.4, -0.2) is 74.5 Å². The molecule has 2 rings (SSSR count). The molecule has 2 aliphatic rings. The van der Waals surface area contributed by atoms with Gasteiger partial charge in [0.1, 0.15) is 0 Å². The van der Waals surface area contributed by atoms with Crippen LogP contribution in [-0.2, 0) is 9.84 Å². The third-order valence-corrected chi connectivity index (χ3v) is 6.62. The normalized spacial score (nSPS) is 26.1. The van der Waals surface area contributed by atoms with Gasteiger partial charge in [0.2, 0.25) is 0 Å². The summed E-state index contributed by atoms with van der Waals surface area (Å²) in [6.45, 7) is 8.08. The van der Waals surface area contributed by atoms with Gasteiger partial charge in [0.25, 0.3) is 0 Å². The Bertz CT molecular complexity index is 486. The molecule has 2 atom stereocenters. The van der Waals surface area contributed by atoms with Crippen molar-refractivity contribution in [1.29, 1.82) is 0 Å². The molecule has 0 unspecified atom stereocenters. The first-order valence-corrected chi connectivity index (χ1v) is 10.2. The molecule has 2 aliphatic heterocycles. The van der Waals surface area contributed by atoms with E-state index < -0.39 is 15.1 Å². The maximum absolute atomic E-state index is 12.2. The number of hydrogen-bond acceptors (Lipinski definition) is 4. The second kappa shape index (κ2) is 7.17. The van der Waals surface area contributed by atoms with E-state index in [1.807, 2.05) is 0 Å². The van der Waals surface area contributed by atoms with Crippen LogP contribution in [0.4, 0.5) is 4.79 Å². The van der Waals surface area contributed by atoms with E-state index in [2.05, 4.69) is 24.1 Å². The summed E-state index contributed by atoms with van der Waals surface area (Å²) in [5, 5.41) is 2.55. The van der Waals surface area contributed by atoms with Crippen LogP contribution in [0.15, 0.2) is 0 Å². The average Bonchev–Trinajstić information content (AvgIpc) is 2.95. The Morgan fingerprint density at radius 2 is 1.86 bits per heavy atom. The SMILES string of the molecule is CC1CCN([C@@H](C)CNC(=O)N2CC[C@H](S(C)(=O)=O)C2)CC1. The maximum atomic E-state index is 12.2. The van der Waals surface area contributed by atoms with Gasteiger partial charge in [-0.15, -0.1) is 0 Å². The Balaban J connectivity index is 1.74. The van der Waals surface area contributed by atoms with E-state index in [-0.39, 0.29) is 6.03 Å². The molecule has 22 heavy (non-hydrogen) atoms. The minimum absolute atomic E-state index is 0.136. The van der Waals surface area contributed by atoms with Crippen molar-refractivity contribution in [2.45, 2.75) is 44.4 Å². The molecule has 7 heteroatoms. The van der Waals surface area contributed by atoms with Gasteiger partial charge in [-0.1, -0.05) is 6.92 Å². The molecule has 0 aliphatic carbocycles. The van der Waals surface area contributed by atoms with Crippen LogP contribution < -0.4 is 5.32 Å². The van der Waals surface area contributed by atoms with Crippen LogP contribution in [0.3, 0.4) is 0 Å². The van der Waals surface area contributed by atoms with E-state index in [4.69, 9.17) is 0 Å². The Kier molecular flexibility index (Phi) is 5.71. The summed E-state index contributed by atoms with van der Waals surface area (Å²) in [7, 11) is -3.05. The number of piperidine rings is 1. The molecule has 0 bridgehead atoms. The van der Waals surface area contributed by atoms with Crippen LogP contribution in [0.2, 0.25) is 0 Å². The number of hydrogen-bond donors (Lipinski definition) is 1. The van der Waals surface area contributed by atoms with Crippen molar-refractivity contribution in [3.63, 3.8) is 0 Å². The molecule has 1 N–H and O–H groups in total. The Morgan fingerprint density at radius 3 is 2.41 bits per heavy atom. The average molecular weight is 331 g/mol. The summed E-state index contributed by atoms with van der Waals surface area (Å²) < 4.78 is 23.1. The number of carbonyl (C=O) groups is 1. The number of carbonyl (C=O) groups excluding carboxylic acids is 1. The molecular formula is C15H29N3O3S. The van der Waals surface area contributed by atoms with E-state index >= 15 is 0 Å². The zero-order valence-electron chi connectivity index (χ0n) is 13.9. The van der Waals surface area contributed by atoms with Crippen molar-refractivity contribution in [1.82, 2.24) is 15.1 Å². The molecule has 2 amide bonds. The van der Waals surface area contributed by atoms with E-state index in [1.54, 1.807) is 4.90 Å². The largest absolute Gasteiger partial charge is 0.336 e. The fourth-order valence-electron chi connectivity index (χ4n) is 3.21. The number of urea groups is 1. The van der Waals surface area contributed by atoms with Crippen LogP contribution in [0.25, 0.3) is 0 Å². The van der Waals surface area contributed by atoms with Gasteiger partial charge >= 0.3 is 6.03 Å². The van der Waals surface area contributed by atoms with Gasteiger partial charge in [-0.3, -0.25) is 4.90 Å². The minimum atomic E-state index is -3.05. The van der Waals surface area contributed by atoms with Crippen molar-refractivity contribution in [2.75, 3.05) is 39.0 Å². The van der Waals surface area contributed by atoms with Crippen molar-refractivity contribution < 1.29 is 13.2 Å². The molecule has 0 radical (unpaired) electrons. The summed E-state index contributed by atoms with van der Waals surface area (Å²) in [5.41, 5.74) is 0. The number of amides is 2. The lowest BCUT2D eigenvalue weighted by molar-refractivity contribution is 0.143. The first-order valence-electron chi connectivity index (χ1n) is 8.23. The molecule has 2 heterocycles. The zero-order valence-corrected chi connectivity index (χ0v) is 14.7. The summed E-state index contributed by atoms with van der Waals surface area (Å²) in [6, 6.07) is 0.188. The van der Waals surface area contributed by atoms with Gasteiger partial charge in [0.05, 0.1) is 5.25 Å². The predicted octanol–water partition coefficient (Wildman–Crippen LogP) is 0.935. The van der Waals surface area contributed by atoms with E-state index in [9.17, 15) is 13.2 Å². The minimum Gasteiger partial charge on any atom is -0.336 e. The lowest BCUT2D eigenvalue weighted by Gasteiger charge is -2.35. The highest BCUT2D eigenvalue weighted by atomic mass is 32.2. The van der Waals surface area contributed by atoms with Crippen molar-refractivity contribution in [3.05, 3.63) is 0 Å². The Labute approximate surface area is 134 Å². The molecule has 128 valence electrons. The first-order chi connectivity index (χ1) is 10.3. The van der Waals surface area contributed by atoms with Crippen molar-refractivity contribution in [2.24, 2.45) is 5.92 Å². The molecule has 0 aromatic rings. The van der Waals surface area contributed by atoms with E-state index in [1.165, 1.54) is 19.1 Å². The standard InChI is InChI=1S/C15H29N3O3S/c1-12-4-7-17(8-5-12)13(2)10-16-15(19)18-9-6-14(11-18)22(3,20)21/h12-14H,4-11H2,1-3H3,(H,16,19)/t13-,14-/m0/s1. The Morgan fingerprint density at radius 1 is 1.23 bits per heavy atom. The smallest absolute Gasteiger partial charge is 0.317 e. The number of likely N-dealkylation sites (tertiary alicyclic amines) is 2. The summed E-state index contributed by atoms with van der Waals surface area (Å²) in [4.78, 5) is 16.2. The highest BCUT2D eigenvalue weighted by molar-refractivity contribution is 7.91. The molecule has 0 saturated carbocycles. The van der Waals surface area contributed by atoms with Crippen LogP contribution >= 0.6 is 0 Å². The molecule has 0 spiro atoms. The van der Waals surface area contributed by atoms with Gasteiger partial charge in [-0.2, -0.15) is 0 Å². The first kappa shape index (κ1) is 17.5. The van der Waals surface area contributed by atoms with Gasteiger partial charge in [-0.25, -0.2) is 13.2 Å². The second-order valence-electron chi connectivity index (χ2n) is 6.94. The molecule has 2 saturated heterocycles. The number of rotatable bonds is 4. The van der Waals surface area contributed by atoms with Gasteiger partial charge in [-0.05, 0) is 45.2 Å². The van der Waals surface area contributed by atoms with Gasteiger partial charge in [0.15, 0.2) is 9.84 Å². The summed E-state index contributed by atoms with van der Waals surface area (Å²) in [6.07, 6.45) is 4.24. The van der Waals surface area contributed by atoms with Crippen molar-refractivity contribution in [3.8, 4) is 0 Å². The van der Waals surface area contributed by atoms with Gasteiger partial charge < -0.3 is 10.2 Å². The lowest BCUT2D eigenvalue weighted by Crippen LogP contribution is -2.48. The monoisotopic (exact) mass is 331 g/mol. The highest BCUT2D eigenvalue weighted by Crippen LogP contribution is 2.18. The molecule has 0 aromatic heterocycles. The van der Waals surface area contributed by atoms with Crippen molar-refractivity contribution >= 4 is 15.9 Å². The van der Waals surface area contributed by atoms with Crippen LogP contribution in [0.5, 0.6) is 0 Å². The highest BCUT2D eigenvalue weighted by Gasteiger charge is 2.32. The number of nitrogens with zero attached hydrogens (tertiary/aromatic N) is 2. The van der Waals surface area contributed by atoms with E-state index in [0.717, 1.165) is 19.0 Å². The van der Waals surface area contributed by atoms with E-state index in [0.29, 0.717) is 32.1 Å². The zero-order chi connectivity index (χ0) is 16.3. The topological polar surface area (TPSA) is 69.7 Å². The third-order valence-electron chi connectivity index (χ3n) is 5.03. The second-order valence-corrected chi connectivity index (χ2v) is 9.27. The van der Waals surface area contributed by atoms with Crippen LogP contribution in [0, 0.1) is 5.92 Å². The lowest BCUT2D eigenvalue weighted by atomic mass is 9.98. The fraction of sp³-hybridized carbons (Fsp3) is 0.933. The molecule has 2 fully saturated rings. The number of sulfone groups is 1. The predicted molar refractivity (Wildman–Crippen MR) is 87.7 cm³/mol. The van der Waals surface area contributed by atoms with Crippen LogP contribution in [0.1, 0.15) is 33.1 Å². The number of nitrogens with one attached hydrogen (secondary N) is 1. The Hall–Kier alpha value is -0.820. The third kappa shape index (κ3) is 4.59. The summed E-state index contributed by atoms with van der Waals surface area (Å²) in [5.74, 6) is 0.801. The summed E-state index contributed by atoms with van der Waals surface area (Å²) >= 11 is 0. The molecule has 0 aromatic carbocycles. The molecule has 6 nitrogen and oxygen atoms in total. The van der Waals surface area contributed by atoms with Gasteiger partial charge in [0, 0.05) is 31.9 Å².